The molecule has 0 saturated carbocycles. The second kappa shape index (κ2) is 3.30. The minimum atomic E-state index is 0.423. The second-order valence-electron chi connectivity index (χ2n) is 1.67. The summed E-state index contributed by atoms with van der Waals surface area (Å²) < 4.78 is 4.82. The lowest BCUT2D eigenvalue weighted by atomic mass is 10.4. The van der Waals surface area contributed by atoms with E-state index in [-0.39, 0.29) is 0 Å². The van der Waals surface area contributed by atoms with E-state index in [1.807, 2.05) is 6.07 Å². The van der Waals surface area contributed by atoms with Crippen LogP contribution >= 0.6 is 11.3 Å². The Morgan fingerprint density at radius 1 is 1.90 bits per heavy atom. The van der Waals surface area contributed by atoms with Crippen molar-refractivity contribution in [2.24, 2.45) is 0 Å². The molecule has 0 N–H and O–H groups in total. The number of rotatable bonds is 2. The van der Waals surface area contributed by atoms with E-state index in [4.69, 9.17) is 10.00 Å². The van der Waals surface area contributed by atoms with Gasteiger partial charge in [-0.05, 0) is 0 Å². The molecule has 0 bridgehead atoms. The van der Waals surface area contributed by atoms with Crippen molar-refractivity contribution < 1.29 is 4.74 Å². The predicted octanol–water partition coefficient (Wildman–Crippen LogP) is 1.16. The number of thiazole rings is 1. The molecule has 0 aliphatic rings. The smallest absolute Gasteiger partial charge is 0.130 e. The van der Waals surface area contributed by atoms with Crippen molar-refractivity contribution in [1.29, 1.82) is 5.26 Å². The summed E-state index contributed by atoms with van der Waals surface area (Å²) in [5.74, 6) is 0. The van der Waals surface area contributed by atoms with Gasteiger partial charge in [-0.1, -0.05) is 0 Å². The maximum absolute atomic E-state index is 8.50. The molecule has 0 atom stereocenters. The third-order valence-electron chi connectivity index (χ3n) is 1.02. The van der Waals surface area contributed by atoms with Crippen molar-refractivity contribution in [2.75, 3.05) is 7.11 Å². The SMILES string of the molecule is COCc1ncsc1C#N. The fraction of sp³-hybridized carbons (Fsp3) is 0.333. The van der Waals surface area contributed by atoms with Gasteiger partial charge in [0.05, 0.1) is 17.8 Å². The number of ether oxygens (including phenoxy) is 1. The van der Waals surface area contributed by atoms with E-state index in [1.165, 1.54) is 11.3 Å². The number of nitriles is 1. The highest BCUT2D eigenvalue weighted by molar-refractivity contribution is 7.10. The van der Waals surface area contributed by atoms with Gasteiger partial charge >= 0.3 is 0 Å². The van der Waals surface area contributed by atoms with E-state index in [0.717, 1.165) is 5.69 Å². The summed E-state index contributed by atoms with van der Waals surface area (Å²) in [6.45, 7) is 0.423. The van der Waals surface area contributed by atoms with E-state index in [0.29, 0.717) is 11.5 Å². The Hall–Kier alpha value is -0.920. The first-order valence-corrected chi connectivity index (χ1v) is 3.58. The molecule has 10 heavy (non-hydrogen) atoms. The van der Waals surface area contributed by atoms with Crippen molar-refractivity contribution in [2.45, 2.75) is 6.61 Å². The maximum atomic E-state index is 8.50. The van der Waals surface area contributed by atoms with Crippen LogP contribution in [0.2, 0.25) is 0 Å². The highest BCUT2D eigenvalue weighted by Gasteiger charge is 2.02. The third kappa shape index (κ3) is 1.32. The number of aromatic nitrogens is 1. The molecule has 1 aromatic heterocycles. The highest BCUT2D eigenvalue weighted by Crippen LogP contribution is 2.11. The molecular formula is C6H6N2OS. The minimum Gasteiger partial charge on any atom is -0.378 e. The van der Waals surface area contributed by atoms with Gasteiger partial charge in [0, 0.05) is 7.11 Å². The first-order chi connectivity index (χ1) is 4.88. The van der Waals surface area contributed by atoms with Crippen LogP contribution < -0.4 is 0 Å². The monoisotopic (exact) mass is 154 g/mol. The lowest BCUT2D eigenvalue weighted by Gasteiger charge is -1.91. The van der Waals surface area contributed by atoms with Crippen molar-refractivity contribution in [1.82, 2.24) is 4.98 Å². The average molecular weight is 154 g/mol. The standard InChI is InChI=1S/C6H6N2OS/c1-9-3-5-6(2-7)10-4-8-5/h4H,3H2,1H3. The maximum Gasteiger partial charge on any atom is 0.130 e. The van der Waals surface area contributed by atoms with E-state index in [9.17, 15) is 0 Å². The summed E-state index contributed by atoms with van der Waals surface area (Å²) in [5.41, 5.74) is 2.38. The van der Waals surface area contributed by atoms with Gasteiger partial charge in [-0.3, -0.25) is 0 Å². The van der Waals surface area contributed by atoms with Gasteiger partial charge in [0.1, 0.15) is 10.9 Å². The average Bonchev–Trinajstić information content (AvgIpc) is 2.36. The van der Waals surface area contributed by atoms with E-state index >= 15 is 0 Å². The van der Waals surface area contributed by atoms with Crippen molar-refractivity contribution in [3.8, 4) is 6.07 Å². The molecule has 3 nitrogen and oxygen atoms in total. The summed E-state index contributed by atoms with van der Waals surface area (Å²) >= 11 is 1.34. The van der Waals surface area contributed by atoms with Gasteiger partial charge < -0.3 is 4.74 Å². The third-order valence-corrected chi connectivity index (χ3v) is 1.80. The molecule has 4 heteroatoms. The number of nitrogens with zero attached hydrogens (tertiary/aromatic N) is 2. The molecular weight excluding hydrogens is 148 g/mol. The Morgan fingerprint density at radius 2 is 2.70 bits per heavy atom. The first kappa shape index (κ1) is 7.19. The molecule has 1 rings (SSSR count). The molecule has 0 unspecified atom stereocenters. The van der Waals surface area contributed by atoms with Gasteiger partial charge in [-0.15, -0.1) is 11.3 Å². The summed E-state index contributed by atoms with van der Waals surface area (Å²) in [6.07, 6.45) is 0. The number of hydrogen-bond donors (Lipinski definition) is 0. The fourth-order valence-electron chi connectivity index (χ4n) is 0.600. The van der Waals surface area contributed by atoms with Crippen LogP contribution in [0, 0.1) is 11.3 Å². The Kier molecular flexibility index (Phi) is 2.37. The number of hydrogen-bond acceptors (Lipinski definition) is 4. The summed E-state index contributed by atoms with van der Waals surface area (Å²) in [7, 11) is 1.58. The van der Waals surface area contributed by atoms with Gasteiger partial charge in [-0.2, -0.15) is 5.26 Å². The second-order valence-corrected chi connectivity index (χ2v) is 2.53. The lowest BCUT2D eigenvalue weighted by Crippen LogP contribution is -1.89. The van der Waals surface area contributed by atoms with Crippen LogP contribution in [0.4, 0.5) is 0 Å². The van der Waals surface area contributed by atoms with Crippen molar-refractivity contribution in [3.63, 3.8) is 0 Å². The van der Waals surface area contributed by atoms with Crippen LogP contribution in [0.3, 0.4) is 0 Å². The Morgan fingerprint density at radius 3 is 3.30 bits per heavy atom. The van der Waals surface area contributed by atoms with Crippen LogP contribution in [0.1, 0.15) is 10.6 Å². The molecule has 1 aromatic rings. The summed E-state index contributed by atoms with van der Waals surface area (Å²) in [6, 6.07) is 2.04. The van der Waals surface area contributed by atoms with Crippen LogP contribution in [0.5, 0.6) is 0 Å². The zero-order valence-corrected chi connectivity index (χ0v) is 6.31. The minimum absolute atomic E-state index is 0.423. The van der Waals surface area contributed by atoms with Gasteiger partial charge in [0.2, 0.25) is 0 Å². The van der Waals surface area contributed by atoms with Crippen LogP contribution in [0.15, 0.2) is 5.51 Å². The number of methoxy groups -OCH3 is 1. The van der Waals surface area contributed by atoms with Crippen molar-refractivity contribution in [3.05, 3.63) is 16.1 Å². The normalized spacial score (nSPS) is 9.20. The zero-order chi connectivity index (χ0) is 7.40. The van der Waals surface area contributed by atoms with Gasteiger partial charge in [0.15, 0.2) is 0 Å². The highest BCUT2D eigenvalue weighted by atomic mass is 32.1. The van der Waals surface area contributed by atoms with Gasteiger partial charge in [0.25, 0.3) is 0 Å². The molecule has 52 valence electrons. The molecule has 0 fully saturated rings. The molecule has 0 spiro atoms. The molecule has 0 saturated heterocycles. The first-order valence-electron chi connectivity index (χ1n) is 2.70. The zero-order valence-electron chi connectivity index (χ0n) is 5.50. The van der Waals surface area contributed by atoms with E-state index in [2.05, 4.69) is 4.98 Å². The van der Waals surface area contributed by atoms with Crippen LogP contribution in [0.25, 0.3) is 0 Å². The lowest BCUT2D eigenvalue weighted by molar-refractivity contribution is 0.182. The van der Waals surface area contributed by atoms with Crippen LogP contribution in [-0.2, 0) is 11.3 Å². The van der Waals surface area contributed by atoms with Crippen molar-refractivity contribution >= 4 is 11.3 Å². The Bertz CT molecular complexity index is 250. The molecule has 0 radical (unpaired) electrons. The topological polar surface area (TPSA) is 45.9 Å². The molecule has 0 amide bonds. The fourth-order valence-corrected chi connectivity index (χ4v) is 1.19. The van der Waals surface area contributed by atoms with Gasteiger partial charge in [-0.25, -0.2) is 4.98 Å². The van der Waals surface area contributed by atoms with E-state index in [1.54, 1.807) is 12.6 Å². The van der Waals surface area contributed by atoms with Crippen LogP contribution in [-0.4, -0.2) is 12.1 Å². The largest absolute Gasteiger partial charge is 0.378 e. The molecule has 1 heterocycles. The molecule has 0 aliphatic carbocycles. The molecule has 0 aliphatic heterocycles. The summed E-state index contributed by atoms with van der Waals surface area (Å²) in [5, 5.41) is 8.50. The Balaban J connectivity index is 2.82. The molecule has 0 aromatic carbocycles. The predicted molar refractivity (Wildman–Crippen MR) is 37.5 cm³/mol. The van der Waals surface area contributed by atoms with E-state index < -0.39 is 0 Å². The Labute approximate surface area is 62.9 Å². The summed E-state index contributed by atoms with van der Waals surface area (Å²) in [4.78, 5) is 4.59. The quantitative estimate of drug-likeness (QED) is 0.642.